The maximum atomic E-state index is 11.9. The Bertz CT molecular complexity index is 261. The Balaban J connectivity index is 2.53. The van der Waals surface area contributed by atoms with Crippen molar-refractivity contribution in [1.29, 1.82) is 0 Å². The van der Waals surface area contributed by atoms with Crippen molar-refractivity contribution in [1.82, 2.24) is 4.90 Å². The van der Waals surface area contributed by atoms with Crippen LogP contribution in [-0.2, 0) is 4.74 Å². The van der Waals surface area contributed by atoms with Crippen LogP contribution in [-0.4, -0.2) is 36.2 Å². The van der Waals surface area contributed by atoms with Crippen LogP contribution in [0.3, 0.4) is 0 Å². The summed E-state index contributed by atoms with van der Waals surface area (Å²) in [5, 5.41) is 0. The first kappa shape index (κ1) is 14.3. The van der Waals surface area contributed by atoms with Gasteiger partial charge in [0.05, 0.1) is 0 Å². The highest BCUT2D eigenvalue weighted by molar-refractivity contribution is 5.68. The molecule has 0 aromatic heterocycles. The number of amides is 1. The maximum Gasteiger partial charge on any atom is 0.410 e. The van der Waals surface area contributed by atoms with Gasteiger partial charge in [-0.1, -0.05) is 6.92 Å². The molecule has 0 bridgehead atoms. The lowest BCUT2D eigenvalue weighted by Crippen LogP contribution is -2.37. The summed E-state index contributed by atoms with van der Waals surface area (Å²) in [5.41, 5.74) is 5.34. The van der Waals surface area contributed by atoms with Crippen molar-refractivity contribution in [3.63, 3.8) is 0 Å². The molecule has 1 heterocycles. The van der Waals surface area contributed by atoms with Crippen LogP contribution in [0.15, 0.2) is 0 Å². The van der Waals surface area contributed by atoms with Crippen molar-refractivity contribution in [2.45, 2.75) is 46.1 Å². The minimum Gasteiger partial charge on any atom is -0.444 e. The third-order valence-corrected chi connectivity index (χ3v) is 3.38. The zero-order valence-electron chi connectivity index (χ0n) is 11.5. The fourth-order valence-corrected chi connectivity index (χ4v) is 2.17. The molecule has 1 rings (SSSR count). The van der Waals surface area contributed by atoms with Crippen molar-refractivity contribution in [2.24, 2.45) is 17.6 Å². The second-order valence-electron chi connectivity index (χ2n) is 6.02. The lowest BCUT2D eigenvalue weighted by molar-refractivity contribution is 0.0254. The van der Waals surface area contributed by atoms with Gasteiger partial charge in [0.1, 0.15) is 5.60 Å². The fourth-order valence-electron chi connectivity index (χ4n) is 2.17. The van der Waals surface area contributed by atoms with E-state index in [1.165, 1.54) is 0 Å². The molecule has 1 aliphatic rings. The molecule has 0 saturated carbocycles. The number of rotatable bonds is 1. The highest BCUT2D eigenvalue weighted by Gasteiger charge is 2.27. The number of carbonyl (C=O) groups is 1. The number of hydrogen-bond acceptors (Lipinski definition) is 3. The molecule has 17 heavy (non-hydrogen) atoms. The number of nitrogens with zero attached hydrogens (tertiary/aromatic N) is 1. The smallest absolute Gasteiger partial charge is 0.410 e. The van der Waals surface area contributed by atoms with E-state index in [0.717, 1.165) is 25.9 Å². The largest absolute Gasteiger partial charge is 0.444 e. The van der Waals surface area contributed by atoms with Crippen LogP contribution in [0.4, 0.5) is 4.79 Å². The Kier molecular flexibility index (Phi) is 4.80. The fraction of sp³-hybridized carbons (Fsp3) is 0.923. The number of carbonyl (C=O) groups excluding carboxylic acids is 1. The van der Waals surface area contributed by atoms with Crippen molar-refractivity contribution in [2.75, 3.05) is 19.6 Å². The zero-order valence-corrected chi connectivity index (χ0v) is 11.5. The van der Waals surface area contributed by atoms with Gasteiger partial charge < -0.3 is 15.4 Å². The lowest BCUT2D eigenvalue weighted by Gasteiger charge is -2.26. The molecular weight excluding hydrogens is 216 g/mol. The number of likely N-dealkylation sites (tertiary alicyclic amines) is 1. The summed E-state index contributed by atoms with van der Waals surface area (Å²) in [4.78, 5) is 13.8. The summed E-state index contributed by atoms with van der Waals surface area (Å²) in [6.45, 7) is 10.2. The van der Waals surface area contributed by atoms with Crippen LogP contribution >= 0.6 is 0 Å². The van der Waals surface area contributed by atoms with E-state index in [0.29, 0.717) is 18.4 Å². The van der Waals surface area contributed by atoms with Crippen molar-refractivity contribution in [3.05, 3.63) is 0 Å². The molecule has 1 saturated heterocycles. The van der Waals surface area contributed by atoms with E-state index in [-0.39, 0.29) is 6.09 Å². The van der Waals surface area contributed by atoms with Gasteiger partial charge in [-0.2, -0.15) is 0 Å². The topological polar surface area (TPSA) is 55.6 Å². The Morgan fingerprint density at radius 3 is 2.47 bits per heavy atom. The molecule has 4 nitrogen and oxygen atoms in total. The van der Waals surface area contributed by atoms with E-state index < -0.39 is 5.60 Å². The average molecular weight is 242 g/mol. The number of hydrogen-bond donors (Lipinski definition) is 1. The van der Waals surface area contributed by atoms with Crippen LogP contribution < -0.4 is 5.73 Å². The maximum absolute atomic E-state index is 11.9. The summed E-state index contributed by atoms with van der Waals surface area (Å²) < 4.78 is 5.39. The van der Waals surface area contributed by atoms with Crippen molar-refractivity contribution >= 4 is 6.09 Å². The van der Waals surface area contributed by atoms with Crippen molar-refractivity contribution in [3.8, 4) is 0 Å². The summed E-state index contributed by atoms with van der Waals surface area (Å²) >= 11 is 0. The second-order valence-corrected chi connectivity index (χ2v) is 6.02. The summed E-state index contributed by atoms with van der Waals surface area (Å²) in [5.74, 6) is 1.12. The van der Waals surface area contributed by atoms with E-state index in [4.69, 9.17) is 10.5 Å². The molecule has 100 valence electrons. The van der Waals surface area contributed by atoms with Crippen LogP contribution in [0.1, 0.15) is 40.5 Å². The molecule has 0 radical (unpaired) electrons. The molecule has 0 aromatic rings. The molecule has 1 amide bonds. The molecule has 2 atom stereocenters. The highest BCUT2D eigenvalue weighted by Crippen LogP contribution is 2.23. The van der Waals surface area contributed by atoms with Crippen LogP contribution in [0.2, 0.25) is 0 Å². The SMILES string of the molecule is C[C@H]1CCN(C(=O)OC(C)(C)C)CC[C@H]1CN. The third-order valence-electron chi connectivity index (χ3n) is 3.38. The van der Waals surface area contributed by atoms with Gasteiger partial charge >= 0.3 is 6.09 Å². The standard InChI is InChI=1S/C13H26N2O2/c1-10-5-7-15(8-6-11(10)9-14)12(16)17-13(2,3)4/h10-11H,5-9,14H2,1-4H3/t10-,11-/m0/s1. The van der Waals surface area contributed by atoms with Crippen LogP contribution in [0, 0.1) is 11.8 Å². The van der Waals surface area contributed by atoms with Crippen molar-refractivity contribution < 1.29 is 9.53 Å². The predicted octanol–water partition coefficient (Wildman–Crippen LogP) is 2.23. The molecule has 0 unspecified atom stereocenters. The Morgan fingerprint density at radius 2 is 1.94 bits per heavy atom. The molecule has 0 spiro atoms. The van der Waals surface area contributed by atoms with Gasteiger partial charge in [0, 0.05) is 13.1 Å². The van der Waals surface area contributed by atoms with E-state index in [1.54, 1.807) is 0 Å². The molecule has 2 N–H and O–H groups in total. The molecule has 1 fully saturated rings. The molecule has 1 aliphatic heterocycles. The summed E-state index contributed by atoms with van der Waals surface area (Å²) in [7, 11) is 0. The Hall–Kier alpha value is -0.770. The minimum atomic E-state index is -0.414. The van der Waals surface area contributed by atoms with Crippen LogP contribution in [0.25, 0.3) is 0 Å². The van der Waals surface area contributed by atoms with Crippen LogP contribution in [0.5, 0.6) is 0 Å². The first-order valence-electron chi connectivity index (χ1n) is 6.51. The highest BCUT2D eigenvalue weighted by atomic mass is 16.6. The third kappa shape index (κ3) is 4.54. The van der Waals surface area contributed by atoms with Gasteiger partial charge in [0.15, 0.2) is 0 Å². The number of nitrogens with two attached hydrogens (primary N) is 1. The van der Waals surface area contributed by atoms with Gasteiger partial charge in [0.25, 0.3) is 0 Å². The Morgan fingerprint density at radius 1 is 1.35 bits per heavy atom. The monoisotopic (exact) mass is 242 g/mol. The normalized spacial score (nSPS) is 26.5. The summed E-state index contributed by atoms with van der Waals surface area (Å²) in [6, 6.07) is 0. The van der Waals surface area contributed by atoms with E-state index >= 15 is 0 Å². The van der Waals surface area contributed by atoms with Gasteiger partial charge in [-0.05, 0) is 52.0 Å². The number of ether oxygens (including phenoxy) is 1. The zero-order chi connectivity index (χ0) is 13.1. The lowest BCUT2D eigenvalue weighted by atomic mass is 9.90. The van der Waals surface area contributed by atoms with Gasteiger partial charge in [0.2, 0.25) is 0 Å². The van der Waals surface area contributed by atoms with Gasteiger partial charge in [-0.15, -0.1) is 0 Å². The molecule has 4 heteroatoms. The van der Waals surface area contributed by atoms with E-state index in [2.05, 4.69) is 6.92 Å². The minimum absolute atomic E-state index is 0.192. The molecule has 0 aromatic carbocycles. The van der Waals surface area contributed by atoms with Gasteiger partial charge in [-0.25, -0.2) is 4.79 Å². The Labute approximate surface area is 104 Å². The predicted molar refractivity (Wildman–Crippen MR) is 68.7 cm³/mol. The molecular formula is C13H26N2O2. The van der Waals surface area contributed by atoms with E-state index in [9.17, 15) is 4.79 Å². The summed E-state index contributed by atoms with van der Waals surface area (Å²) in [6.07, 6.45) is 1.81. The molecule has 0 aliphatic carbocycles. The second kappa shape index (κ2) is 5.71. The first-order chi connectivity index (χ1) is 7.83. The quantitative estimate of drug-likeness (QED) is 0.767. The van der Waals surface area contributed by atoms with E-state index in [1.807, 2.05) is 25.7 Å². The average Bonchev–Trinajstić information content (AvgIpc) is 2.37. The van der Waals surface area contributed by atoms with Gasteiger partial charge in [-0.3, -0.25) is 0 Å². The first-order valence-corrected chi connectivity index (χ1v) is 6.51.